The average Bonchev–Trinajstić information content (AvgIpc) is 3.18. The lowest BCUT2D eigenvalue weighted by molar-refractivity contribution is 0.311. The number of nitrogens with zero attached hydrogens (tertiary/aromatic N) is 2. The number of rotatable bonds is 5. The van der Waals surface area contributed by atoms with Gasteiger partial charge in [0.15, 0.2) is 11.5 Å². The molecule has 1 unspecified atom stereocenters. The minimum Gasteiger partial charge on any atom is -0.493 e. The van der Waals surface area contributed by atoms with Gasteiger partial charge in [-0.05, 0) is 36.8 Å². The van der Waals surface area contributed by atoms with E-state index in [1.807, 2.05) is 25.1 Å². The van der Waals surface area contributed by atoms with Crippen LogP contribution < -0.4 is 19.9 Å². The van der Waals surface area contributed by atoms with Gasteiger partial charge in [0.05, 0.1) is 40.9 Å². The fraction of sp³-hybridized carbons (Fsp3) is 0.182. The number of H-pyrrole nitrogens is 1. The van der Waals surface area contributed by atoms with Gasteiger partial charge in [-0.2, -0.15) is 5.26 Å². The largest absolute Gasteiger partial charge is 0.493 e. The fourth-order valence-corrected chi connectivity index (χ4v) is 4.03. The van der Waals surface area contributed by atoms with Gasteiger partial charge < -0.3 is 19.9 Å². The van der Waals surface area contributed by atoms with Crippen LogP contribution in [-0.4, -0.2) is 23.9 Å². The van der Waals surface area contributed by atoms with Crippen LogP contribution in [0.1, 0.15) is 24.0 Å². The number of hydrogen-bond donors (Lipinski definition) is 2. The molecule has 4 rings (SSSR count). The first-order valence-electron chi connectivity index (χ1n) is 9.41. The molecule has 3 N–H and O–H groups in total. The summed E-state index contributed by atoms with van der Waals surface area (Å²) in [5.74, 6) is 0.798. The molecule has 0 amide bonds. The molecule has 0 spiro atoms. The smallest absolute Gasteiger partial charge is 0.244 e. The van der Waals surface area contributed by atoms with Crippen LogP contribution in [0.4, 0.5) is 0 Å². The lowest BCUT2D eigenvalue weighted by atomic mass is 9.83. The number of methoxy groups -OCH3 is 1. The van der Waals surface area contributed by atoms with Crippen LogP contribution in [0.25, 0.3) is 11.3 Å². The lowest BCUT2D eigenvalue weighted by Gasteiger charge is -2.25. The molecule has 9 heteroatoms. The Morgan fingerprint density at radius 2 is 2.06 bits per heavy atom. The zero-order valence-corrected chi connectivity index (χ0v) is 18.2. The number of halogens is 2. The molecule has 0 radical (unpaired) electrons. The number of nitrogens with one attached hydrogen (secondary N) is 1. The molecule has 0 aliphatic carbocycles. The molecular formula is C22H18Cl2N4O3. The van der Waals surface area contributed by atoms with E-state index >= 15 is 0 Å². The number of ether oxygens (including phenoxy) is 3. The van der Waals surface area contributed by atoms with E-state index in [4.69, 9.17) is 43.1 Å². The van der Waals surface area contributed by atoms with Crippen molar-refractivity contribution in [2.24, 2.45) is 5.73 Å². The van der Waals surface area contributed by atoms with Crippen LogP contribution in [0, 0.1) is 11.3 Å². The molecule has 0 fully saturated rings. The highest BCUT2D eigenvalue weighted by Gasteiger charge is 2.37. The number of nitrogens with two attached hydrogens (primary N) is 1. The van der Waals surface area contributed by atoms with Crippen LogP contribution in [-0.2, 0) is 0 Å². The summed E-state index contributed by atoms with van der Waals surface area (Å²) in [6, 6.07) is 12.9. The quantitative estimate of drug-likeness (QED) is 0.558. The third-order valence-electron chi connectivity index (χ3n) is 4.98. The predicted molar refractivity (Wildman–Crippen MR) is 118 cm³/mol. The Kier molecular flexibility index (Phi) is 5.68. The summed E-state index contributed by atoms with van der Waals surface area (Å²) < 4.78 is 16.7. The molecule has 158 valence electrons. The Balaban J connectivity index is 1.93. The second-order valence-corrected chi connectivity index (χ2v) is 7.47. The second-order valence-electron chi connectivity index (χ2n) is 6.68. The van der Waals surface area contributed by atoms with Crippen LogP contribution in [0.2, 0.25) is 10.0 Å². The number of nitriles is 1. The Morgan fingerprint density at radius 1 is 1.26 bits per heavy atom. The number of hydrogen-bond acceptors (Lipinski definition) is 6. The minimum atomic E-state index is -0.619. The van der Waals surface area contributed by atoms with E-state index in [0.29, 0.717) is 45.0 Å². The van der Waals surface area contributed by atoms with Crippen LogP contribution in [0.5, 0.6) is 17.4 Å². The van der Waals surface area contributed by atoms with E-state index < -0.39 is 5.92 Å². The topological polar surface area (TPSA) is 106 Å². The molecule has 0 bridgehead atoms. The standard InChI is InChI=1S/C22H18Cl2N4O3/c1-3-30-15-8-7-11(9-16(15)29-2)20-18-17(12-5-4-6-14(23)19(12)24)13(10-25)21(26)31-22(18)28-27-20/h4-9,17H,3,26H2,1-2H3,(H,27,28). The number of aromatic nitrogens is 2. The highest BCUT2D eigenvalue weighted by atomic mass is 35.5. The first kappa shape index (κ1) is 20.9. The number of aromatic amines is 1. The zero-order chi connectivity index (χ0) is 22.1. The molecule has 2 heterocycles. The van der Waals surface area contributed by atoms with Crippen molar-refractivity contribution in [1.82, 2.24) is 10.2 Å². The summed E-state index contributed by atoms with van der Waals surface area (Å²) in [5.41, 5.74) is 8.90. The summed E-state index contributed by atoms with van der Waals surface area (Å²) in [7, 11) is 1.57. The highest BCUT2D eigenvalue weighted by molar-refractivity contribution is 6.42. The molecule has 0 saturated carbocycles. The van der Waals surface area contributed by atoms with Gasteiger partial charge in [-0.3, -0.25) is 5.10 Å². The normalized spacial score (nSPS) is 15.1. The predicted octanol–water partition coefficient (Wildman–Crippen LogP) is 5.01. The maximum atomic E-state index is 9.84. The molecule has 1 aliphatic heterocycles. The third-order valence-corrected chi connectivity index (χ3v) is 5.82. The molecule has 7 nitrogen and oxygen atoms in total. The molecule has 1 aromatic heterocycles. The van der Waals surface area contributed by atoms with Crippen molar-refractivity contribution in [3.05, 3.63) is 69.0 Å². The maximum absolute atomic E-state index is 9.84. The van der Waals surface area contributed by atoms with Gasteiger partial charge in [0.2, 0.25) is 11.8 Å². The molecule has 1 aliphatic rings. The average molecular weight is 457 g/mol. The first-order valence-corrected chi connectivity index (χ1v) is 10.2. The highest BCUT2D eigenvalue weighted by Crippen LogP contribution is 2.48. The molecular weight excluding hydrogens is 439 g/mol. The summed E-state index contributed by atoms with van der Waals surface area (Å²) >= 11 is 12.8. The van der Waals surface area contributed by atoms with Crippen molar-refractivity contribution < 1.29 is 14.2 Å². The molecule has 3 aromatic rings. The van der Waals surface area contributed by atoms with Gasteiger partial charge in [-0.1, -0.05) is 35.3 Å². The van der Waals surface area contributed by atoms with E-state index in [1.165, 1.54) is 0 Å². The van der Waals surface area contributed by atoms with Crippen LogP contribution in [0.3, 0.4) is 0 Å². The number of allylic oxidation sites excluding steroid dienone is 1. The Bertz CT molecular complexity index is 1230. The monoisotopic (exact) mass is 456 g/mol. The van der Waals surface area contributed by atoms with Crippen molar-refractivity contribution >= 4 is 23.2 Å². The van der Waals surface area contributed by atoms with Gasteiger partial charge in [0.1, 0.15) is 11.6 Å². The number of fused-ring (bicyclic) bond motifs is 1. The lowest BCUT2D eigenvalue weighted by Crippen LogP contribution is -2.21. The summed E-state index contributed by atoms with van der Waals surface area (Å²) in [6.45, 7) is 2.41. The molecule has 0 saturated heterocycles. The van der Waals surface area contributed by atoms with Gasteiger partial charge in [-0.25, -0.2) is 0 Å². The van der Waals surface area contributed by atoms with Crippen LogP contribution >= 0.6 is 23.2 Å². The van der Waals surface area contributed by atoms with Gasteiger partial charge in [-0.15, -0.1) is 5.10 Å². The minimum absolute atomic E-state index is 0.0293. The Morgan fingerprint density at radius 3 is 2.77 bits per heavy atom. The van der Waals surface area contributed by atoms with E-state index in [1.54, 1.807) is 25.3 Å². The van der Waals surface area contributed by atoms with Crippen molar-refractivity contribution in [1.29, 1.82) is 5.26 Å². The number of benzene rings is 2. The molecule has 31 heavy (non-hydrogen) atoms. The summed E-state index contributed by atoms with van der Waals surface area (Å²) in [6.07, 6.45) is 0. The molecule has 2 aromatic carbocycles. The fourth-order valence-electron chi connectivity index (χ4n) is 3.62. The Hall–Kier alpha value is -3.34. The van der Waals surface area contributed by atoms with Crippen LogP contribution in [0.15, 0.2) is 47.9 Å². The van der Waals surface area contributed by atoms with Crippen molar-refractivity contribution in [2.75, 3.05) is 13.7 Å². The van der Waals surface area contributed by atoms with Gasteiger partial charge in [0, 0.05) is 5.56 Å². The van der Waals surface area contributed by atoms with Gasteiger partial charge >= 0.3 is 0 Å². The van der Waals surface area contributed by atoms with E-state index in [-0.39, 0.29) is 17.3 Å². The third kappa shape index (κ3) is 3.54. The van der Waals surface area contributed by atoms with Gasteiger partial charge in [0.25, 0.3) is 0 Å². The Labute approximate surface area is 188 Å². The van der Waals surface area contributed by atoms with E-state index in [2.05, 4.69) is 16.3 Å². The van der Waals surface area contributed by atoms with Crippen molar-refractivity contribution in [3.63, 3.8) is 0 Å². The summed E-state index contributed by atoms with van der Waals surface area (Å²) in [5, 5.41) is 17.8. The summed E-state index contributed by atoms with van der Waals surface area (Å²) in [4.78, 5) is 0. The van der Waals surface area contributed by atoms with E-state index in [9.17, 15) is 5.26 Å². The van der Waals surface area contributed by atoms with E-state index in [0.717, 1.165) is 5.56 Å². The second kappa shape index (κ2) is 8.42. The SMILES string of the molecule is CCOc1ccc(-c2[nH]nc3c2C(c2cccc(Cl)c2Cl)C(C#N)=C(N)O3)cc1OC. The zero-order valence-electron chi connectivity index (χ0n) is 16.7. The van der Waals surface area contributed by atoms with Crippen molar-refractivity contribution in [3.8, 4) is 34.7 Å². The maximum Gasteiger partial charge on any atom is 0.244 e. The molecule has 1 atom stereocenters. The first-order chi connectivity index (χ1) is 15.0. The van der Waals surface area contributed by atoms with Crippen molar-refractivity contribution in [2.45, 2.75) is 12.8 Å².